The van der Waals surface area contributed by atoms with Gasteiger partial charge in [-0.25, -0.2) is 33.5 Å². The highest BCUT2D eigenvalue weighted by atomic mass is 35.5. The number of H-pyrrole nitrogens is 2. The first-order valence-electron chi connectivity index (χ1n) is 28.8. The lowest BCUT2D eigenvalue weighted by Crippen LogP contribution is -2.25. The summed E-state index contributed by atoms with van der Waals surface area (Å²) >= 11 is 5.91. The number of carbonyl (C=O) groups excluding carboxylic acids is 2. The average molecular weight is 1250 g/mol. The number of hydrogen-bond acceptors (Lipinski definition) is 18. The van der Waals surface area contributed by atoms with Crippen LogP contribution in [-0.4, -0.2) is 113 Å². The van der Waals surface area contributed by atoms with Crippen LogP contribution in [0.3, 0.4) is 0 Å². The van der Waals surface area contributed by atoms with Gasteiger partial charge in [-0.2, -0.15) is 35.1 Å². The van der Waals surface area contributed by atoms with Crippen molar-refractivity contribution < 1.29 is 19.8 Å². The zero-order valence-electron chi connectivity index (χ0n) is 50.5. The fourth-order valence-corrected chi connectivity index (χ4v) is 10.8. The summed E-state index contributed by atoms with van der Waals surface area (Å²) in [6.07, 6.45) is 8.79. The Balaban J connectivity index is 0.000000132. The second-order valence-corrected chi connectivity index (χ2v) is 21.5. The summed E-state index contributed by atoms with van der Waals surface area (Å²) in [5.74, 6) is 3.11. The molecule has 0 bridgehead atoms. The fourth-order valence-electron chi connectivity index (χ4n) is 10.7. The van der Waals surface area contributed by atoms with Crippen molar-refractivity contribution in [3.05, 3.63) is 235 Å². The van der Waals surface area contributed by atoms with Crippen molar-refractivity contribution in [1.82, 2.24) is 82.9 Å². The van der Waals surface area contributed by atoms with Gasteiger partial charge < -0.3 is 30.0 Å². The maximum absolute atomic E-state index is 13.6. The zero-order valence-corrected chi connectivity index (χ0v) is 51.2. The summed E-state index contributed by atoms with van der Waals surface area (Å²) in [5, 5.41) is 44.1. The Bertz CT molecular complexity index is 5260. The van der Waals surface area contributed by atoms with Gasteiger partial charge in [0, 0.05) is 93.8 Å². The molecule has 92 heavy (non-hydrogen) atoms. The van der Waals surface area contributed by atoms with E-state index in [4.69, 9.17) is 36.3 Å². The molecule has 26 nitrogen and oxygen atoms in total. The predicted molar refractivity (Wildman–Crippen MR) is 348 cm³/mol. The lowest BCUT2D eigenvalue weighted by molar-refractivity contribution is -0.191. The lowest BCUT2D eigenvalue weighted by atomic mass is 10.2. The molecule has 0 atom stereocenters. The Hall–Kier alpha value is -11.6. The third kappa shape index (κ3) is 13.1. The van der Waals surface area contributed by atoms with Crippen molar-refractivity contribution in [3.63, 3.8) is 0 Å². The van der Waals surface area contributed by atoms with Gasteiger partial charge in [-0.3, -0.25) is 28.3 Å². The van der Waals surface area contributed by atoms with Crippen LogP contribution in [0.15, 0.2) is 179 Å². The van der Waals surface area contributed by atoms with Crippen LogP contribution in [-0.2, 0) is 68.8 Å². The summed E-state index contributed by atoms with van der Waals surface area (Å²) in [4.78, 5) is 81.8. The molecule has 0 saturated carbocycles. The molecule has 464 valence electrons. The zero-order chi connectivity index (χ0) is 64.6. The number of para-hydroxylation sites is 5. The van der Waals surface area contributed by atoms with Crippen molar-refractivity contribution in [1.29, 1.82) is 0 Å². The number of nitrogens with zero attached hydrogens (tertiary/aromatic N) is 17. The van der Waals surface area contributed by atoms with Gasteiger partial charge in [0.25, 0.3) is 16.7 Å². The van der Waals surface area contributed by atoms with Crippen LogP contribution in [0.2, 0.25) is 0 Å². The van der Waals surface area contributed by atoms with Gasteiger partial charge in [0.15, 0.2) is 5.82 Å². The molecule has 0 radical (unpaired) electrons. The molecular formula is C65H60ClN19O7. The highest BCUT2D eigenvalue weighted by Gasteiger charge is 2.19. The Morgan fingerprint density at radius 3 is 1.42 bits per heavy atom. The van der Waals surface area contributed by atoms with E-state index in [9.17, 15) is 19.5 Å². The Labute approximate surface area is 526 Å². The van der Waals surface area contributed by atoms with Crippen LogP contribution < -0.4 is 26.5 Å². The smallest absolute Gasteiger partial charge is 0.373 e. The molecule has 0 fully saturated rings. The number of fused-ring (bicyclic) bond motifs is 11. The number of benzene rings is 5. The van der Waals surface area contributed by atoms with E-state index in [2.05, 4.69) is 55.2 Å². The number of halogens is 1. The largest absolute Gasteiger partial charge is 0.390 e. The first-order chi connectivity index (χ1) is 44.7. The Morgan fingerprint density at radius 1 is 0.533 bits per heavy atom. The maximum Gasteiger partial charge on any atom is 0.373 e. The van der Waals surface area contributed by atoms with Crippen molar-refractivity contribution >= 4 is 101 Å². The van der Waals surface area contributed by atoms with Crippen LogP contribution in [0, 0.1) is 0 Å². The second-order valence-electron chi connectivity index (χ2n) is 21.2. The van der Waals surface area contributed by atoms with Gasteiger partial charge in [0.05, 0.1) is 98.9 Å². The van der Waals surface area contributed by atoms with E-state index in [1.807, 2.05) is 163 Å². The van der Waals surface area contributed by atoms with E-state index in [0.717, 1.165) is 79.9 Å². The molecule has 15 aromatic rings. The van der Waals surface area contributed by atoms with Gasteiger partial charge in [0.1, 0.15) is 34.4 Å². The lowest BCUT2D eigenvalue weighted by Gasteiger charge is -2.20. The number of aryl methyl sites for hydroxylation is 3. The highest BCUT2D eigenvalue weighted by molar-refractivity contribution is 6.16. The summed E-state index contributed by atoms with van der Waals surface area (Å²) in [5.41, 5.74) is 9.71. The molecular weight excluding hydrogens is 1190 g/mol. The van der Waals surface area contributed by atoms with Crippen LogP contribution in [0.5, 0.6) is 0 Å². The maximum atomic E-state index is 13.6. The van der Waals surface area contributed by atoms with E-state index >= 15 is 0 Å². The molecule has 27 heteroatoms. The normalized spacial score (nSPS) is 11.1. The molecule has 0 spiro atoms. The van der Waals surface area contributed by atoms with Crippen LogP contribution in [0.4, 0.5) is 11.6 Å². The number of nitrogens with one attached hydrogen (secondary N) is 2. The molecule has 0 amide bonds. The Morgan fingerprint density at radius 2 is 0.946 bits per heavy atom. The number of aliphatic hydroxyl groups excluding tert-OH is 2. The van der Waals surface area contributed by atoms with Crippen LogP contribution >= 0.6 is 11.6 Å². The van der Waals surface area contributed by atoms with Crippen molar-refractivity contribution in [3.8, 4) is 0 Å². The SMILES string of the molecule is CCc1cc2[nH]c(=O)c3ccccc3n2n1.CN(Cc1cnn(C)c1)c1nc(CCl)nc2ccccc12.CN(Cc1cnn(C)c1)c1nc(Cn2c(=O)c3ccccc3n3nc(CO)cc23)nc2ccccc12.O=C=O.O=c1[nH]c2cc(CO)nn2c2ccccc12. The van der Waals surface area contributed by atoms with Crippen LogP contribution in [0.25, 0.3) is 71.5 Å². The highest BCUT2D eigenvalue weighted by Crippen LogP contribution is 2.27. The van der Waals surface area contributed by atoms with Crippen molar-refractivity contribution in [2.45, 2.75) is 52.1 Å². The minimum absolute atomic E-state index is 0.0642. The number of aromatic nitrogens is 17. The summed E-state index contributed by atoms with van der Waals surface area (Å²) in [7, 11) is 7.80. The second kappa shape index (κ2) is 27.4. The summed E-state index contributed by atoms with van der Waals surface area (Å²) in [6.45, 7) is 3.19. The topological polar surface area (TPSA) is 308 Å². The first-order valence-corrected chi connectivity index (χ1v) is 29.4. The molecule has 0 unspecified atom stereocenters. The number of anilines is 2. The van der Waals surface area contributed by atoms with Crippen molar-refractivity contribution in [2.75, 3.05) is 23.9 Å². The third-order valence-corrected chi connectivity index (χ3v) is 15.1. The molecule has 5 aromatic carbocycles. The molecule has 4 N–H and O–H groups in total. The quantitative estimate of drug-likeness (QED) is 0.0889. The van der Waals surface area contributed by atoms with E-state index in [0.29, 0.717) is 68.4 Å². The molecule has 10 heterocycles. The van der Waals surface area contributed by atoms with Crippen LogP contribution in [0.1, 0.15) is 46.8 Å². The molecule has 0 saturated heterocycles. The Kier molecular flexibility index (Phi) is 18.5. The molecule has 15 rings (SSSR count). The van der Waals surface area contributed by atoms with E-state index in [-0.39, 0.29) is 42.6 Å². The van der Waals surface area contributed by atoms with Gasteiger partial charge in [-0.15, -0.1) is 11.6 Å². The first kappa shape index (κ1) is 62.1. The number of aliphatic hydroxyl groups is 2. The summed E-state index contributed by atoms with van der Waals surface area (Å²) < 4.78 is 10.3. The van der Waals surface area contributed by atoms with Crippen molar-refractivity contribution in [2.24, 2.45) is 14.1 Å². The van der Waals surface area contributed by atoms with Gasteiger partial charge in [0.2, 0.25) is 0 Å². The van der Waals surface area contributed by atoms with E-state index in [1.165, 1.54) is 0 Å². The minimum atomic E-state index is -0.222. The number of aromatic amines is 2. The van der Waals surface area contributed by atoms with E-state index < -0.39 is 0 Å². The minimum Gasteiger partial charge on any atom is -0.390 e. The average Bonchev–Trinajstić information content (AvgIpc) is 1.41. The standard InChI is InChI=1S/C26H24N8O2.C15H16ClN5.C12H11N3O.C11H9N3O2.CO2/c1-31(13-17-12-27-32(2)14-17)25-19-7-3-5-9-21(19)28-23(29-25)15-33-24-11-18(16-35)30-34(24)22-10-6-4-8-20(22)26(33)36;1-20(9-11-8-17-21(2)10-11)15-12-5-3-4-6-13(12)18-14(7-16)19-15;1-2-8-7-11-13-12(16)9-5-3-4-6-10(9)15(11)14-8;15-6-7-5-10-12-11(16)8-3-1-2-4-9(8)14(10)13-7;2-1-3/h3-12,14,35H,13,15-16H2,1-2H3;3-6,8,10H,7,9H2,1-2H3;3-7H,2H2,1H3,(H,13,16);1-5,15H,6H2,(H,12,16);. The fraction of sp³-hybridized carbons (Fsp3) is 0.185. The molecule has 0 aliphatic heterocycles. The molecule has 0 aliphatic rings. The monoisotopic (exact) mass is 1250 g/mol. The summed E-state index contributed by atoms with van der Waals surface area (Å²) in [6, 6.07) is 43.1. The molecule has 10 aromatic heterocycles. The van der Waals surface area contributed by atoms with E-state index in [1.54, 1.807) is 63.9 Å². The molecule has 0 aliphatic carbocycles. The van der Waals surface area contributed by atoms with Gasteiger partial charge in [-0.1, -0.05) is 67.6 Å². The van der Waals surface area contributed by atoms with Gasteiger partial charge in [-0.05, 0) is 67.1 Å². The number of hydrogen-bond donors (Lipinski definition) is 4. The number of rotatable bonds is 12. The van der Waals surface area contributed by atoms with Gasteiger partial charge >= 0.3 is 6.15 Å². The third-order valence-electron chi connectivity index (χ3n) is 14.8. The number of alkyl halides is 1. The predicted octanol–water partition coefficient (Wildman–Crippen LogP) is 7.06.